The van der Waals surface area contributed by atoms with E-state index in [1.807, 2.05) is 24.3 Å². The molecule has 2 aromatic carbocycles. The molecule has 0 bridgehead atoms. The molecule has 0 radical (unpaired) electrons. The highest BCUT2D eigenvalue weighted by Crippen LogP contribution is 2.31. The lowest BCUT2D eigenvalue weighted by molar-refractivity contribution is -0.131. The summed E-state index contributed by atoms with van der Waals surface area (Å²) in [7, 11) is 3.17. The second-order valence-corrected chi connectivity index (χ2v) is 8.42. The Labute approximate surface area is 186 Å². The summed E-state index contributed by atoms with van der Waals surface area (Å²) in [4.78, 5) is 34.3. The van der Waals surface area contributed by atoms with E-state index in [9.17, 15) is 14.0 Å². The molecule has 0 saturated carbocycles. The largest absolute Gasteiger partial charge is 0.494 e. The topological polar surface area (TPSA) is 87.3 Å². The van der Waals surface area contributed by atoms with E-state index in [0.29, 0.717) is 32.2 Å². The van der Waals surface area contributed by atoms with Gasteiger partial charge in [-0.3, -0.25) is 9.59 Å². The third-order valence-corrected chi connectivity index (χ3v) is 6.06. The minimum absolute atomic E-state index is 0.0253. The third-order valence-electron chi connectivity index (χ3n) is 6.06. The van der Waals surface area contributed by atoms with Crippen LogP contribution in [0.15, 0.2) is 42.5 Å². The van der Waals surface area contributed by atoms with Crippen molar-refractivity contribution in [2.45, 2.75) is 44.2 Å². The average Bonchev–Trinajstić information content (AvgIpc) is 3.36. The first-order chi connectivity index (χ1) is 15.4. The van der Waals surface area contributed by atoms with Gasteiger partial charge in [-0.2, -0.15) is 0 Å². The summed E-state index contributed by atoms with van der Waals surface area (Å²) in [6, 6.07) is 12.4. The van der Waals surface area contributed by atoms with Crippen LogP contribution in [0.5, 0.6) is 5.75 Å². The standard InChI is InChI=1S/C24H27FN4O3/c1-29(15-21-26-18-5-3-4-6-19(18)27-21)23(31)10-12-24(11-9-22(30)28-24)14-16-7-8-17(25)20(13-16)32-2/h3-8,13H,9-12,14-15H2,1-2H3,(H,26,27)(H,28,30). The van der Waals surface area contributed by atoms with Crippen LogP contribution >= 0.6 is 0 Å². The van der Waals surface area contributed by atoms with Crippen LogP contribution in [-0.4, -0.2) is 46.4 Å². The van der Waals surface area contributed by atoms with Crippen LogP contribution in [0, 0.1) is 5.82 Å². The molecule has 3 aromatic rings. The molecule has 32 heavy (non-hydrogen) atoms. The maximum Gasteiger partial charge on any atom is 0.222 e. The molecule has 2 N–H and O–H groups in total. The van der Waals surface area contributed by atoms with E-state index in [0.717, 1.165) is 22.4 Å². The van der Waals surface area contributed by atoms with E-state index >= 15 is 0 Å². The lowest BCUT2D eigenvalue weighted by Gasteiger charge is -2.30. The van der Waals surface area contributed by atoms with Crippen molar-refractivity contribution < 1.29 is 18.7 Å². The van der Waals surface area contributed by atoms with Crippen molar-refractivity contribution in [3.8, 4) is 5.75 Å². The van der Waals surface area contributed by atoms with Gasteiger partial charge >= 0.3 is 0 Å². The fraction of sp³-hybridized carbons (Fsp3) is 0.375. The Bertz CT molecular complexity index is 1110. The number of halogens is 1. The number of methoxy groups -OCH3 is 1. The number of nitrogens with one attached hydrogen (secondary N) is 2. The van der Waals surface area contributed by atoms with E-state index < -0.39 is 11.4 Å². The Morgan fingerprint density at radius 1 is 1.28 bits per heavy atom. The maximum atomic E-state index is 13.8. The van der Waals surface area contributed by atoms with E-state index in [1.54, 1.807) is 24.1 Å². The average molecular weight is 439 g/mol. The van der Waals surface area contributed by atoms with Crippen molar-refractivity contribution in [1.29, 1.82) is 0 Å². The molecular weight excluding hydrogens is 411 g/mol. The number of hydrogen-bond donors (Lipinski definition) is 2. The molecule has 1 aliphatic heterocycles. The van der Waals surface area contributed by atoms with Crippen LogP contribution in [0.1, 0.15) is 37.1 Å². The van der Waals surface area contributed by atoms with Crippen LogP contribution in [0.2, 0.25) is 0 Å². The van der Waals surface area contributed by atoms with Gasteiger partial charge in [-0.1, -0.05) is 18.2 Å². The molecule has 1 aliphatic rings. The zero-order valence-electron chi connectivity index (χ0n) is 18.3. The highest BCUT2D eigenvalue weighted by atomic mass is 19.1. The zero-order valence-corrected chi connectivity index (χ0v) is 18.3. The van der Waals surface area contributed by atoms with Gasteiger partial charge in [0, 0.05) is 25.4 Å². The van der Waals surface area contributed by atoms with E-state index in [2.05, 4.69) is 15.3 Å². The van der Waals surface area contributed by atoms with Gasteiger partial charge < -0.3 is 19.9 Å². The maximum absolute atomic E-state index is 13.8. The molecule has 2 amide bonds. The highest BCUT2D eigenvalue weighted by molar-refractivity contribution is 5.80. The minimum atomic E-state index is -0.532. The van der Waals surface area contributed by atoms with Crippen molar-refractivity contribution in [3.63, 3.8) is 0 Å². The van der Waals surface area contributed by atoms with Crippen molar-refractivity contribution in [3.05, 3.63) is 59.7 Å². The molecule has 4 rings (SSSR count). The smallest absolute Gasteiger partial charge is 0.222 e. The van der Waals surface area contributed by atoms with Gasteiger partial charge in [0.1, 0.15) is 5.82 Å². The first-order valence-electron chi connectivity index (χ1n) is 10.7. The van der Waals surface area contributed by atoms with Crippen molar-refractivity contribution in [2.75, 3.05) is 14.2 Å². The van der Waals surface area contributed by atoms with Gasteiger partial charge in [-0.05, 0) is 49.1 Å². The summed E-state index contributed by atoms with van der Waals surface area (Å²) in [5.74, 6) is 0.418. The predicted octanol–water partition coefficient (Wildman–Crippen LogP) is 3.34. The predicted molar refractivity (Wildman–Crippen MR) is 119 cm³/mol. The number of ether oxygens (including phenoxy) is 1. The molecule has 168 valence electrons. The fourth-order valence-electron chi connectivity index (χ4n) is 4.32. The summed E-state index contributed by atoms with van der Waals surface area (Å²) in [6.07, 6.45) is 2.35. The number of aromatic nitrogens is 2. The number of carbonyl (C=O) groups is 2. The van der Waals surface area contributed by atoms with Crippen LogP contribution in [-0.2, 0) is 22.6 Å². The van der Waals surface area contributed by atoms with Gasteiger partial charge in [0.2, 0.25) is 11.8 Å². The quantitative estimate of drug-likeness (QED) is 0.565. The van der Waals surface area contributed by atoms with Crippen molar-refractivity contribution >= 4 is 22.8 Å². The minimum Gasteiger partial charge on any atom is -0.494 e. The Kier molecular flexibility index (Phi) is 6.12. The Morgan fingerprint density at radius 3 is 2.81 bits per heavy atom. The Hall–Kier alpha value is -3.42. The fourth-order valence-corrected chi connectivity index (χ4v) is 4.32. The number of amides is 2. The molecule has 2 heterocycles. The van der Waals surface area contributed by atoms with Gasteiger partial charge in [0.25, 0.3) is 0 Å². The lowest BCUT2D eigenvalue weighted by Crippen LogP contribution is -2.44. The zero-order chi connectivity index (χ0) is 22.7. The van der Waals surface area contributed by atoms with Gasteiger partial charge in [0.15, 0.2) is 11.6 Å². The first kappa shape index (κ1) is 21.8. The summed E-state index contributed by atoms with van der Waals surface area (Å²) in [5, 5.41) is 3.07. The number of hydrogen-bond acceptors (Lipinski definition) is 4. The molecule has 1 unspecified atom stereocenters. The number of fused-ring (bicyclic) bond motifs is 1. The number of rotatable bonds is 8. The number of imidazole rings is 1. The number of nitrogens with zero attached hydrogens (tertiary/aromatic N) is 2. The van der Waals surface area contributed by atoms with Crippen LogP contribution < -0.4 is 10.1 Å². The van der Waals surface area contributed by atoms with E-state index in [4.69, 9.17) is 4.74 Å². The molecule has 0 aliphatic carbocycles. The summed E-state index contributed by atoms with van der Waals surface area (Å²) in [5.41, 5.74) is 2.13. The molecule has 0 spiro atoms. The number of carbonyl (C=O) groups excluding carboxylic acids is 2. The van der Waals surface area contributed by atoms with Crippen molar-refractivity contribution in [1.82, 2.24) is 20.2 Å². The van der Waals surface area contributed by atoms with E-state index in [-0.39, 0.29) is 24.0 Å². The SMILES string of the molecule is COc1cc(CC2(CCC(=O)N(C)Cc3nc4ccccc4[nH]3)CCC(=O)N2)ccc1F. The molecule has 8 heteroatoms. The number of H-pyrrole nitrogens is 1. The monoisotopic (exact) mass is 438 g/mol. The van der Waals surface area contributed by atoms with Gasteiger partial charge in [-0.25, -0.2) is 9.37 Å². The molecule has 1 saturated heterocycles. The normalized spacial score (nSPS) is 18.0. The Balaban J connectivity index is 1.41. The molecule has 1 fully saturated rings. The number of para-hydroxylation sites is 2. The van der Waals surface area contributed by atoms with Crippen LogP contribution in [0.25, 0.3) is 11.0 Å². The van der Waals surface area contributed by atoms with Gasteiger partial charge in [0.05, 0.1) is 24.7 Å². The third kappa shape index (κ3) is 4.74. The van der Waals surface area contributed by atoms with Crippen LogP contribution in [0.4, 0.5) is 4.39 Å². The number of benzene rings is 2. The van der Waals surface area contributed by atoms with Crippen LogP contribution in [0.3, 0.4) is 0 Å². The molecule has 7 nitrogen and oxygen atoms in total. The number of aromatic amines is 1. The van der Waals surface area contributed by atoms with Crippen molar-refractivity contribution in [2.24, 2.45) is 0 Å². The highest BCUT2D eigenvalue weighted by Gasteiger charge is 2.38. The second kappa shape index (κ2) is 8.98. The summed E-state index contributed by atoms with van der Waals surface area (Å²) >= 11 is 0. The summed E-state index contributed by atoms with van der Waals surface area (Å²) < 4.78 is 18.9. The second-order valence-electron chi connectivity index (χ2n) is 8.42. The lowest BCUT2D eigenvalue weighted by atomic mass is 9.84. The summed E-state index contributed by atoms with van der Waals surface area (Å²) in [6.45, 7) is 0.377. The van der Waals surface area contributed by atoms with Gasteiger partial charge in [-0.15, -0.1) is 0 Å². The molecule has 1 atom stereocenters. The first-order valence-corrected chi connectivity index (χ1v) is 10.7. The van der Waals surface area contributed by atoms with E-state index in [1.165, 1.54) is 13.2 Å². The molecular formula is C24H27FN4O3. The Morgan fingerprint density at radius 2 is 2.09 bits per heavy atom. The molecule has 1 aromatic heterocycles.